The zero-order valence-corrected chi connectivity index (χ0v) is 25.9. The summed E-state index contributed by atoms with van der Waals surface area (Å²) in [6.07, 6.45) is 3.69. The summed E-state index contributed by atoms with van der Waals surface area (Å²) in [5.41, 5.74) is 1.63. The van der Waals surface area contributed by atoms with Crippen LogP contribution in [0.1, 0.15) is 42.9 Å². The Bertz CT molecular complexity index is 1530. The second-order valence-corrected chi connectivity index (χ2v) is 11.7. The Morgan fingerprint density at radius 3 is 2.39 bits per heavy atom. The van der Waals surface area contributed by atoms with Crippen molar-refractivity contribution in [2.24, 2.45) is 5.92 Å². The van der Waals surface area contributed by atoms with Gasteiger partial charge in [0.05, 0.1) is 36.2 Å². The molecule has 4 amide bonds. The summed E-state index contributed by atoms with van der Waals surface area (Å²) in [7, 11) is 2.51. The number of esters is 1. The number of amides is 4. The summed E-state index contributed by atoms with van der Waals surface area (Å²) in [5, 5.41) is 14.8. The number of carbonyl (C=O) groups is 3. The van der Waals surface area contributed by atoms with E-state index in [9.17, 15) is 28.4 Å². The Labute approximate surface area is 266 Å². The minimum Gasteiger partial charge on any atom is -0.466 e. The van der Waals surface area contributed by atoms with Crippen molar-refractivity contribution in [3.05, 3.63) is 76.5 Å². The third-order valence-electron chi connectivity index (χ3n) is 9.04. The van der Waals surface area contributed by atoms with Gasteiger partial charge in [-0.25, -0.2) is 28.1 Å². The van der Waals surface area contributed by atoms with E-state index in [2.05, 4.69) is 26.5 Å². The molecule has 1 atom stereocenters. The first-order valence-electron chi connectivity index (χ1n) is 15.4. The number of urea groups is 2. The van der Waals surface area contributed by atoms with Crippen LogP contribution in [0, 0.1) is 28.9 Å². The number of likely N-dealkylation sites (tertiary alicyclic amines) is 1. The van der Waals surface area contributed by atoms with Gasteiger partial charge in [0.2, 0.25) is 0 Å². The molecule has 0 saturated carbocycles. The summed E-state index contributed by atoms with van der Waals surface area (Å²) in [6, 6.07) is 10.4. The van der Waals surface area contributed by atoms with Crippen molar-refractivity contribution in [3.63, 3.8) is 0 Å². The number of anilines is 1. The van der Waals surface area contributed by atoms with Gasteiger partial charge in [0.25, 0.3) is 0 Å². The van der Waals surface area contributed by atoms with Gasteiger partial charge in [-0.15, -0.1) is 0 Å². The topological polar surface area (TPSA) is 127 Å². The van der Waals surface area contributed by atoms with Crippen molar-refractivity contribution in [2.75, 3.05) is 58.5 Å². The molecular formula is C33H38F2N6O5. The molecular weight excluding hydrogens is 598 g/mol. The summed E-state index contributed by atoms with van der Waals surface area (Å²) in [6.45, 7) is 3.62. The molecule has 2 aromatic rings. The second-order valence-electron chi connectivity index (χ2n) is 11.7. The van der Waals surface area contributed by atoms with Crippen molar-refractivity contribution in [1.82, 2.24) is 20.4 Å². The summed E-state index contributed by atoms with van der Waals surface area (Å²) < 4.78 is 38.2. The summed E-state index contributed by atoms with van der Waals surface area (Å²) in [4.78, 5) is 45.3. The van der Waals surface area contributed by atoms with Crippen molar-refractivity contribution >= 4 is 23.7 Å². The summed E-state index contributed by atoms with van der Waals surface area (Å²) in [5.74, 6) is -2.99. The van der Waals surface area contributed by atoms with E-state index in [-0.39, 0.29) is 29.4 Å². The molecule has 3 aliphatic rings. The highest BCUT2D eigenvalue weighted by molar-refractivity contribution is 6.01. The van der Waals surface area contributed by atoms with Crippen LogP contribution in [0.2, 0.25) is 0 Å². The standard InChI is InChI=1S/C33H38F2N6O5/c1-45-20-27-29(31(42)46-2)30(22-7-8-25(34)26(35)17-22)41(33(44)38-27)32(43)37-19-21-9-13-39(14-10-21)24-11-15-40(16-12-24)28-6-4-3-5-23(28)18-36/h3-8,17,21,24,30H,9-16,19-20H2,1-2H3,(H,37,43)(H,38,44). The fourth-order valence-corrected chi connectivity index (χ4v) is 6.63. The number of nitrogens with one attached hydrogen (secondary N) is 2. The van der Waals surface area contributed by atoms with Crippen LogP contribution in [-0.4, -0.2) is 87.4 Å². The van der Waals surface area contributed by atoms with E-state index in [1.54, 1.807) is 0 Å². The number of carbonyl (C=O) groups excluding carboxylic acids is 3. The zero-order chi connectivity index (χ0) is 32.8. The molecule has 244 valence electrons. The quantitative estimate of drug-likeness (QED) is 0.416. The van der Waals surface area contributed by atoms with Gasteiger partial charge in [-0.3, -0.25) is 0 Å². The van der Waals surface area contributed by atoms with Gasteiger partial charge in [-0.05, 0) is 74.5 Å². The van der Waals surface area contributed by atoms with Crippen LogP contribution in [0.3, 0.4) is 0 Å². The van der Waals surface area contributed by atoms with Crippen LogP contribution in [-0.2, 0) is 14.3 Å². The molecule has 46 heavy (non-hydrogen) atoms. The number of rotatable bonds is 8. The molecule has 0 aliphatic carbocycles. The van der Waals surface area contributed by atoms with E-state index in [4.69, 9.17) is 9.47 Å². The highest BCUT2D eigenvalue weighted by atomic mass is 19.2. The molecule has 2 N–H and O–H groups in total. The van der Waals surface area contributed by atoms with E-state index >= 15 is 0 Å². The number of para-hydroxylation sites is 1. The van der Waals surface area contributed by atoms with Crippen LogP contribution < -0.4 is 15.5 Å². The zero-order valence-electron chi connectivity index (χ0n) is 25.9. The Morgan fingerprint density at radius 1 is 1.02 bits per heavy atom. The Morgan fingerprint density at radius 2 is 1.74 bits per heavy atom. The normalized spacial score (nSPS) is 19.9. The number of hydrogen-bond acceptors (Lipinski definition) is 8. The first-order valence-corrected chi connectivity index (χ1v) is 15.4. The van der Waals surface area contributed by atoms with Crippen molar-refractivity contribution in [1.29, 1.82) is 5.26 Å². The number of halogens is 2. The molecule has 0 bridgehead atoms. The maximum Gasteiger partial charge on any atom is 0.338 e. The molecule has 13 heteroatoms. The number of nitriles is 1. The predicted molar refractivity (Wildman–Crippen MR) is 164 cm³/mol. The van der Waals surface area contributed by atoms with Crippen molar-refractivity contribution in [3.8, 4) is 6.07 Å². The maximum absolute atomic E-state index is 14.3. The number of ether oxygens (including phenoxy) is 2. The SMILES string of the molecule is COCC1=C(C(=O)OC)C(c2ccc(F)c(F)c2)N(C(=O)NCC2CCN(C3CCN(c4ccccc4C#N)CC3)CC2)C(=O)N1. The van der Waals surface area contributed by atoms with Crippen LogP contribution >= 0.6 is 0 Å². The van der Waals surface area contributed by atoms with E-state index in [0.717, 1.165) is 81.7 Å². The number of hydrogen-bond donors (Lipinski definition) is 2. The molecule has 1 unspecified atom stereocenters. The lowest BCUT2D eigenvalue weighted by atomic mass is 9.92. The summed E-state index contributed by atoms with van der Waals surface area (Å²) >= 11 is 0. The number of nitrogens with zero attached hydrogens (tertiary/aromatic N) is 4. The lowest BCUT2D eigenvalue weighted by molar-refractivity contribution is -0.137. The Hall–Kier alpha value is -4.54. The molecule has 5 rings (SSSR count). The molecule has 0 spiro atoms. The second kappa shape index (κ2) is 14.7. The van der Waals surface area contributed by atoms with E-state index in [1.165, 1.54) is 13.2 Å². The van der Waals surface area contributed by atoms with Gasteiger partial charge in [0.1, 0.15) is 12.1 Å². The van der Waals surface area contributed by atoms with Crippen LogP contribution in [0.5, 0.6) is 0 Å². The van der Waals surface area contributed by atoms with Crippen LogP contribution in [0.4, 0.5) is 24.1 Å². The lowest BCUT2D eigenvalue weighted by Gasteiger charge is -2.42. The van der Waals surface area contributed by atoms with Gasteiger partial charge in [0, 0.05) is 32.8 Å². The maximum atomic E-state index is 14.3. The average molecular weight is 637 g/mol. The Kier molecular flexibility index (Phi) is 10.5. The van der Waals surface area contributed by atoms with E-state index in [1.807, 2.05) is 24.3 Å². The van der Waals surface area contributed by atoms with Crippen molar-refractivity contribution < 1.29 is 32.6 Å². The predicted octanol–water partition coefficient (Wildman–Crippen LogP) is 4.07. The number of methoxy groups -OCH3 is 2. The van der Waals surface area contributed by atoms with Gasteiger partial charge >= 0.3 is 18.0 Å². The molecule has 2 fully saturated rings. The van der Waals surface area contributed by atoms with E-state index < -0.39 is 35.7 Å². The fourth-order valence-electron chi connectivity index (χ4n) is 6.63. The molecule has 2 saturated heterocycles. The molecule has 0 aromatic heterocycles. The third-order valence-corrected chi connectivity index (χ3v) is 9.04. The molecule has 3 aliphatic heterocycles. The highest BCUT2D eigenvalue weighted by Crippen LogP contribution is 2.35. The van der Waals surface area contributed by atoms with Crippen molar-refractivity contribution in [2.45, 2.75) is 37.8 Å². The van der Waals surface area contributed by atoms with Crippen LogP contribution in [0.15, 0.2) is 53.7 Å². The molecule has 3 heterocycles. The number of imide groups is 1. The molecule has 0 radical (unpaired) electrons. The van der Waals surface area contributed by atoms with Gasteiger partial charge in [0.15, 0.2) is 11.6 Å². The fraction of sp³-hybridized carbons (Fsp3) is 0.455. The minimum absolute atomic E-state index is 0.0216. The molecule has 2 aromatic carbocycles. The Balaban J connectivity index is 1.21. The smallest absolute Gasteiger partial charge is 0.338 e. The number of benzene rings is 2. The minimum atomic E-state index is -1.38. The molecule has 11 nitrogen and oxygen atoms in total. The highest BCUT2D eigenvalue weighted by Gasteiger charge is 2.43. The lowest BCUT2D eigenvalue weighted by Crippen LogP contribution is -2.56. The first-order chi connectivity index (χ1) is 22.2. The average Bonchev–Trinajstić information content (AvgIpc) is 3.08. The van der Waals surface area contributed by atoms with Crippen LogP contribution in [0.25, 0.3) is 0 Å². The van der Waals surface area contributed by atoms with Gasteiger partial charge < -0.3 is 29.9 Å². The van der Waals surface area contributed by atoms with Gasteiger partial charge in [-0.1, -0.05) is 18.2 Å². The first kappa shape index (κ1) is 32.8. The van der Waals surface area contributed by atoms with Gasteiger partial charge in [-0.2, -0.15) is 5.26 Å². The number of piperidine rings is 2. The third kappa shape index (κ3) is 6.98. The largest absolute Gasteiger partial charge is 0.466 e. The monoisotopic (exact) mass is 636 g/mol. The van der Waals surface area contributed by atoms with E-state index in [0.29, 0.717) is 18.2 Å².